The summed E-state index contributed by atoms with van der Waals surface area (Å²) in [4.78, 5) is 4.45. The first-order valence-corrected chi connectivity index (χ1v) is 7.51. The largest absolute Gasteiger partial charge is 0.314 e. The topological polar surface area (TPSA) is 24.9 Å². The third-order valence-corrected chi connectivity index (χ3v) is 4.02. The van der Waals surface area contributed by atoms with E-state index in [9.17, 15) is 0 Å². The molecular weight excluding hydrogens is 220 g/mol. The molecule has 2 nitrogen and oxygen atoms in total. The van der Waals surface area contributed by atoms with Gasteiger partial charge < -0.3 is 5.32 Å². The molecule has 2 rings (SSSR count). The summed E-state index contributed by atoms with van der Waals surface area (Å²) in [6, 6.07) is 6.83. The lowest BCUT2D eigenvalue weighted by Gasteiger charge is -2.27. The van der Waals surface area contributed by atoms with Crippen molar-refractivity contribution in [3.8, 4) is 0 Å². The van der Waals surface area contributed by atoms with E-state index < -0.39 is 0 Å². The molecule has 1 N–H and O–H groups in total. The van der Waals surface area contributed by atoms with Crippen LogP contribution in [0, 0.1) is 5.92 Å². The molecule has 0 saturated heterocycles. The van der Waals surface area contributed by atoms with Gasteiger partial charge >= 0.3 is 0 Å². The van der Waals surface area contributed by atoms with Crippen molar-refractivity contribution in [1.29, 1.82) is 0 Å². The smallest absolute Gasteiger partial charge is 0.0419 e. The van der Waals surface area contributed by atoms with Crippen LogP contribution in [0.15, 0.2) is 24.4 Å². The van der Waals surface area contributed by atoms with E-state index in [-0.39, 0.29) is 0 Å². The van der Waals surface area contributed by atoms with Gasteiger partial charge in [-0.25, -0.2) is 0 Å². The molecule has 0 amide bonds. The SMILES string of the molecule is CCNC(Cc1ccccn1)CC1CCCCC1. The molecule has 1 heterocycles. The summed E-state index contributed by atoms with van der Waals surface area (Å²) in [5.74, 6) is 0.937. The Kier molecular flexibility index (Phi) is 5.66. The predicted octanol–water partition coefficient (Wildman–Crippen LogP) is 3.57. The highest BCUT2D eigenvalue weighted by Gasteiger charge is 2.18. The zero-order valence-electron chi connectivity index (χ0n) is 11.6. The normalized spacial score (nSPS) is 18.7. The standard InChI is InChI=1S/C16H26N2/c1-2-17-16(12-14-8-4-3-5-9-14)13-15-10-6-7-11-18-15/h6-7,10-11,14,16-17H,2-5,8-9,12-13H2,1H3. The second kappa shape index (κ2) is 7.52. The first kappa shape index (κ1) is 13.5. The highest BCUT2D eigenvalue weighted by Crippen LogP contribution is 2.27. The van der Waals surface area contributed by atoms with Crippen LogP contribution in [-0.4, -0.2) is 17.6 Å². The lowest BCUT2D eigenvalue weighted by atomic mass is 9.84. The van der Waals surface area contributed by atoms with Gasteiger partial charge in [-0.3, -0.25) is 4.98 Å². The van der Waals surface area contributed by atoms with E-state index in [1.165, 1.54) is 44.2 Å². The molecule has 1 saturated carbocycles. The number of nitrogens with zero attached hydrogens (tertiary/aromatic N) is 1. The number of hydrogen-bond donors (Lipinski definition) is 1. The molecule has 1 unspecified atom stereocenters. The van der Waals surface area contributed by atoms with Crippen molar-refractivity contribution in [3.63, 3.8) is 0 Å². The molecule has 1 fully saturated rings. The highest BCUT2D eigenvalue weighted by molar-refractivity contribution is 5.05. The Balaban J connectivity index is 1.86. The molecule has 2 heteroatoms. The highest BCUT2D eigenvalue weighted by atomic mass is 14.9. The van der Waals surface area contributed by atoms with Gasteiger partial charge in [0.05, 0.1) is 0 Å². The molecule has 0 aromatic carbocycles. The molecule has 0 aliphatic heterocycles. The summed E-state index contributed by atoms with van der Waals surface area (Å²) in [6.45, 7) is 3.26. The van der Waals surface area contributed by atoms with E-state index in [1.54, 1.807) is 0 Å². The maximum Gasteiger partial charge on any atom is 0.0419 e. The second-order valence-electron chi connectivity index (χ2n) is 5.52. The van der Waals surface area contributed by atoms with Crippen LogP contribution in [0.25, 0.3) is 0 Å². The van der Waals surface area contributed by atoms with Gasteiger partial charge in [-0.2, -0.15) is 0 Å². The van der Waals surface area contributed by atoms with Crippen molar-refractivity contribution in [3.05, 3.63) is 30.1 Å². The van der Waals surface area contributed by atoms with Crippen molar-refractivity contribution in [2.45, 2.75) is 57.9 Å². The number of nitrogens with one attached hydrogen (secondary N) is 1. The average molecular weight is 246 g/mol. The number of hydrogen-bond acceptors (Lipinski definition) is 2. The van der Waals surface area contributed by atoms with Gasteiger partial charge in [0.2, 0.25) is 0 Å². The van der Waals surface area contributed by atoms with Crippen molar-refractivity contribution in [1.82, 2.24) is 10.3 Å². The van der Waals surface area contributed by atoms with E-state index in [0.29, 0.717) is 6.04 Å². The number of pyridine rings is 1. The minimum Gasteiger partial charge on any atom is -0.314 e. The molecular formula is C16H26N2. The van der Waals surface area contributed by atoms with Crippen LogP contribution in [0.3, 0.4) is 0 Å². The summed E-state index contributed by atoms with van der Waals surface area (Å²) in [7, 11) is 0. The van der Waals surface area contributed by atoms with Crippen LogP contribution in [-0.2, 0) is 6.42 Å². The number of likely N-dealkylation sites (N-methyl/N-ethyl adjacent to an activating group) is 1. The molecule has 0 radical (unpaired) electrons. The first-order valence-electron chi connectivity index (χ1n) is 7.51. The van der Waals surface area contributed by atoms with Crippen molar-refractivity contribution in [2.24, 2.45) is 5.92 Å². The van der Waals surface area contributed by atoms with Crippen LogP contribution in [0.4, 0.5) is 0 Å². The molecule has 1 aromatic rings. The maximum atomic E-state index is 4.45. The molecule has 100 valence electrons. The molecule has 0 bridgehead atoms. The number of rotatable bonds is 6. The van der Waals surface area contributed by atoms with Crippen LogP contribution >= 0.6 is 0 Å². The van der Waals surface area contributed by atoms with Crippen molar-refractivity contribution in [2.75, 3.05) is 6.54 Å². The fraction of sp³-hybridized carbons (Fsp3) is 0.688. The van der Waals surface area contributed by atoms with E-state index in [1.807, 2.05) is 12.3 Å². The van der Waals surface area contributed by atoms with Crippen molar-refractivity contribution < 1.29 is 0 Å². The van der Waals surface area contributed by atoms with Crippen LogP contribution in [0.2, 0.25) is 0 Å². The Bertz CT molecular complexity index is 317. The van der Waals surface area contributed by atoms with Gasteiger partial charge in [-0.1, -0.05) is 45.1 Å². The molecule has 18 heavy (non-hydrogen) atoms. The van der Waals surface area contributed by atoms with Crippen LogP contribution < -0.4 is 5.32 Å². The molecule has 1 aliphatic carbocycles. The third-order valence-electron chi connectivity index (χ3n) is 4.02. The van der Waals surface area contributed by atoms with Gasteiger partial charge in [0, 0.05) is 24.4 Å². The lowest BCUT2D eigenvalue weighted by molar-refractivity contribution is 0.297. The van der Waals surface area contributed by atoms with E-state index in [0.717, 1.165) is 18.9 Å². The summed E-state index contributed by atoms with van der Waals surface area (Å²) in [6.07, 6.45) is 11.5. The number of aromatic nitrogens is 1. The van der Waals surface area contributed by atoms with E-state index >= 15 is 0 Å². The third kappa shape index (κ3) is 4.41. The van der Waals surface area contributed by atoms with Gasteiger partial charge in [0.25, 0.3) is 0 Å². The van der Waals surface area contributed by atoms with E-state index in [2.05, 4.69) is 29.4 Å². The Morgan fingerprint density at radius 1 is 1.28 bits per heavy atom. The zero-order chi connectivity index (χ0) is 12.6. The second-order valence-corrected chi connectivity index (χ2v) is 5.52. The Morgan fingerprint density at radius 2 is 2.11 bits per heavy atom. The monoisotopic (exact) mass is 246 g/mol. The molecule has 1 aliphatic rings. The summed E-state index contributed by atoms with van der Waals surface area (Å²) >= 11 is 0. The van der Waals surface area contributed by atoms with E-state index in [4.69, 9.17) is 0 Å². The lowest BCUT2D eigenvalue weighted by Crippen LogP contribution is -2.33. The Labute approximate surface area is 111 Å². The molecule has 1 aromatic heterocycles. The zero-order valence-corrected chi connectivity index (χ0v) is 11.6. The van der Waals surface area contributed by atoms with Gasteiger partial charge in [0.15, 0.2) is 0 Å². The van der Waals surface area contributed by atoms with Gasteiger partial charge in [-0.05, 0) is 31.0 Å². The fourth-order valence-corrected chi connectivity index (χ4v) is 3.12. The van der Waals surface area contributed by atoms with Gasteiger partial charge in [0.1, 0.15) is 0 Å². The van der Waals surface area contributed by atoms with Gasteiger partial charge in [-0.15, -0.1) is 0 Å². The average Bonchev–Trinajstić information content (AvgIpc) is 2.41. The summed E-state index contributed by atoms with van der Waals surface area (Å²) in [5.41, 5.74) is 1.22. The summed E-state index contributed by atoms with van der Waals surface area (Å²) in [5, 5.41) is 3.64. The maximum absolute atomic E-state index is 4.45. The fourth-order valence-electron chi connectivity index (χ4n) is 3.12. The Hall–Kier alpha value is -0.890. The minimum atomic E-state index is 0.605. The first-order chi connectivity index (χ1) is 8.88. The van der Waals surface area contributed by atoms with Crippen LogP contribution in [0.1, 0.15) is 51.1 Å². The quantitative estimate of drug-likeness (QED) is 0.830. The summed E-state index contributed by atoms with van der Waals surface area (Å²) < 4.78 is 0. The van der Waals surface area contributed by atoms with Crippen molar-refractivity contribution >= 4 is 0 Å². The molecule has 0 spiro atoms. The minimum absolute atomic E-state index is 0.605. The van der Waals surface area contributed by atoms with Crippen LogP contribution in [0.5, 0.6) is 0 Å². The molecule has 1 atom stereocenters. The predicted molar refractivity (Wildman–Crippen MR) is 76.6 cm³/mol. The Morgan fingerprint density at radius 3 is 2.78 bits per heavy atom.